The van der Waals surface area contributed by atoms with Crippen molar-refractivity contribution in [3.8, 4) is 0 Å². The van der Waals surface area contributed by atoms with Gasteiger partial charge in [-0.2, -0.15) is 0 Å². The maximum absolute atomic E-state index is 12.1. The summed E-state index contributed by atoms with van der Waals surface area (Å²) in [5, 5.41) is 3.51. The number of hydrogen-bond donors (Lipinski definition) is 1. The Morgan fingerprint density at radius 2 is 1.90 bits per heavy atom. The van der Waals surface area contributed by atoms with Gasteiger partial charge >= 0.3 is 5.69 Å². The molecule has 0 aromatic carbocycles. The van der Waals surface area contributed by atoms with Gasteiger partial charge in [0, 0.05) is 38.4 Å². The molecule has 1 aromatic heterocycles. The fraction of sp³-hybridized carbons (Fsp3) is 0.733. The highest BCUT2D eigenvalue weighted by Crippen LogP contribution is 2.22. The van der Waals surface area contributed by atoms with Gasteiger partial charge in [-0.3, -0.25) is 9.36 Å². The van der Waals surface area contributed by atoms with Crippen molar-refractivity contribution in [1.82, 2.24) is 14.5 Å². The zero-order valence-electron chi connectivity index (χ0n) is 12.7. The molecule has 2 atom stereocenters. The van der Waals surface area contributed by atoms with Crippen molar-refractivity contribution in [3.63, 3.8) is 0 Å². The second-order valence-electron chi connectivity index (χ2n) is 6.01. The van der Waals surface area contributed by atoms with Gasteiger partial charge in [0.05, 0.1) is 0 Å². The molecule has 5 heteroatoms. The van der Waals surface area contributed by atoms with E-state index >= 15 is 0 Å². The van der Waals surface area contributed by atoms with Crippen LogP contribution in [0.15, 0.2) is 15.8 Å². The van der Waals surface area contributed by atoms with E-state index in [1.807, 2.05) is 0 Å². The lowest BCUT2D eigenvalue weighted by molar-refractivity contribution is 0.354. The molecule has 20 heavy (non-hydrogen) atoms. The van der Waals surface area contributed by atoms with Gasteiger partial charge in [0.2, 0.25) is 0 Å². The van der Waals surface area contributed by atoms with Gasteiger partial charge in [-0.15, -0.1) is 0 Å². The molecule has 1 heterocycles. The first-order valence-corrected chi connectivity index (χ1v) is 7.49. The summed E-state index contributed by atoms with van der Waals surface area (Å²) in [5.41, 5.74) is 0.189. The number of nitrogens with one attached hydrogen (secondary N) is 1. The van der Waals surface area contributed by atoms with E-state index in [0.29, 0.717) is 24.1 Å². The number of hydrogen-bond acceptors (Lipinski definition) is 3. The van der Waals surface area contributed by atoms with E-state index in [1.54, 1.807) is 13.2 Å². The molecule has 1 saturated carbocycles. The lowest BCUT2D eigenvalue weighted by Crippen LogP contribution is -2.41. The van der Waals surface area contributed by atoms with Crippen molar-refractivity contribution in [2.24, 2.45) is 20.0 Å². The first-order valence-electron chi connectivity index (χ1n) is 7.49. The summed E-state index contributed by atoms with van der Waals surface area (Å²) in [5.74, 6) is 0.647. The Morgan fingerprint density at radius 3 is 2.65 bits per heavy atom. The molecular formula is C15H25N3O2. The third kappa shape index (κ3) is 3.20. The minimum atomic E-state index is -0.276. The molecule has 5 nitrogen and oxygen atoms in total. The highest BCUT2D eigenvalue weighted by Gasteiger charge is 2.19. The zero-order valence-corrected chi connectivity index (χ0v) is 12.7. The molecule has 1 N–H and O–H groups in total. The third-order valence-electron chi connectivity index (χ3n) is 4.43. The standard InChI is InChI=1S/C15H25N3O2/c1-11-7-5-4-6-8-13(11)16-9-12-10-17(2)15(20)18(3)14(12)19/h10-11,13,16H,4-9H2,1-3H3. The van der Waals surface area contributed by atoms with Crippen molar-refractivity contribution < 1.29 is 0 Å². The van der Waals surface area contributed by atoms with Gasteiger partial charge in [0.25, 0.3) is 5.56 Å². The summed E-state index contributed by atoms with van der Waals surface area (Å²) in [6, 6.07) is 0.472. The molecule has 0 bridgehead atoms. The Bertz CT molecular complexity index is 573. The van der Waals surface area contributed by atoms with Crippen LogP contribution in [0, 0.1) is 5.92 Å². The Morgan fingerprint density at radius 1 is 1.20 bits per heavy atom. The van der Waals surface area contributed by atoms with E-state index in [1.165, 1.54) is 48.3 Å². The fourth-order valence-electron chi connectivity index (χ4n) is 3.04. The van der Waals surface area contributed by atoms with E-state index in [0.717, 1.165) is 0 Å². The summed E-state index contributed by atoms with van der Waals surface area (Å²) >= 11 is 0. The van der Waals surface area contributed by atoms with Gasteiger partial charge in [-0.25, -0.2) is 4.79 Å². The van der Waals surface area contributed by atoms with Crippen LogP contribution < -0.4 is 16.6 Å². The summed E-state index contributed by atoms with van der Waals surface area (Å²) < 4.78 is 2.64. The Balaban J connectivity index is 2.11. The van der Waals surface area contributed by atoms with E-state index in [9.17, 15) is 9.59 Å². The lowest BCUT2D eigenvalue weighted by atomic mass is 9.97. The van der Waals surface area contributed by atoms with Crippen LogP contribution >= 0.6 is 0 Å². The normalized spacial score (nSPS) is 23.6. The number of aromatic nitrogens is 2. The number of rotatable bonds is 3. The monoisotopic (exact) mass is 279 g/mol. The van der Waals surface area contributed by atoms with Crippen LogP contribution in [0.3, 0.4) is 0 Å². The van der Waals surface area contributed by atoms with Crippen molar-refractivity contribution in [1.29, 1.82) is 0 Å². The molecule has 0 spiro atoms. The first-order chi connectivity index (χ1) is 9.50. The molecule has 112 valence electrons. The van der Waals surface area contributed by atoms with Crippen LogP contribution in [-0.2, 0) is 20.6 Å². The van der Waals surface area contributed by atoms with Gasteiger partial charge in [-0.05, 0) is 18.8 Å². The summed E-state index contributed by atoms with van der Waals surface area (Å²) in [7, 11) is 3.21. The fourth-order valence-corrected chi connectivity index (χ4v) is 3.04. The molecular weight excluding hydrogens is 254 g/mol. The second kappa shape index (κ2) is 6.39. The number of nitrogens with zero attached hydrogens (tertiary/aromatic N) is 2. The summed E-state index contributed by atoms with van der Waals surface area (Å²) in [6.07, 6.45) is 7.95. The Hall–Kier alpha value is -1.36. The highest BCUT2D eigenvalue weighted by atomic mass is 16.2. The van der Waals surface area contributed by atoms with Gasteiger partial charge < -0.3 is 9.88 Å². The Labute approximate surface area is 119 Å². The average molecular weight is 279 g/mol. The maximum Gasteiger partial charge on any atom is 0.330 e. The second-order valence-corrected chi connectivity index (χ2v) is 6.01. The van der Waals surface area contributed by atoms with Crippen LogP contribution in [0.25, 0.3) is 0 Å². The molecule has 0 amide bonds. The van der Waals surface area contributed by atoms with E-state index in [2.05, 4.69) is 12.2 Å². The third-order valence-corrected chi connectivity index (χ3v) is 4.43. The minimum Gasteiger partial charge on any atom is -0.309 e. The quantitative estimate of drug-likeness (QED) is 0.844. The van der Waals surface area contributed by atoms with Gasteiger partial charge in [0.15, 0.2) is 0 Å². The van der Waals surface area contributed by atoms with Crippen LogP contribution in [-0.4, -0.2) is 15.2 Å². The van der Waals surface area contributed by atoms with E-state index < -0.39 is 0 Å². The molecule has 1 aromatic rings. The topological polar surface area (TPSA) is 56.0 Å². The maximum atomic E-state index is 12.1. The van der Waals surface area contributed by atoms with Crippen LogP contribution in [0.4, 0.5) is 0 Å². The van der Waals surface area contributed by atoms with Crippen LogP contribution in [0.2, 0.25) is 0 Å². The summed E-state index contributed by atoms with van der Waals surface area (Å²) in [4.78, 5) is 23.7. The SMILES string of the molecule is CC1CCCCCC1NCc1cn(C)c(=O)n(C)c1=O. The lowest BCUT2D eigenvalue weighted by Gasteiger charge is -2.23. The molecule has 0 aliphatic heterocycles. The van der Waals surface area contributed by atoms with Crippen LogP contribution in [0.1, 0.15) is 44.6 Å². The molecule has 2 rings (SSSR count). The smallest absolute Gasteiger partial charge is 0.309 e. The molecule has 2 unspecified atom stereocenters. The molecule has 1 fully saturated rings. The minimum absolute atomic E-state index is 0.193. The zero-order chi connectivity index (χ0) is 14.7. The summed E-state index contributed by atoms with van der Waals surface area (Å²) in [6.45, 7) is 2.82. The van der Waals surface area contributed by atoms with Crippen LogP contribution in [0.5, 0.6) is 0 Å². The van der Waals surface area contributed by atoms with E-state index in [4.69, 9.17) is 0 Å². The van der Waals surface area contributed by atoms with E-state index in [-0.39, 0.29) is 11.2 Å². The van der Waals surface area contributed by atoms with Crippen molar-refractivity contribution in [2.45, 2.75) is 51.6 Å². The molecule has 1 aliphatic rings. The Kier molecular flexibility index (Phi) is 4.81. The number of aryl methyl sites for hydroxylation is 1. The largest absolute Gasteiger partial charge is 0.330 e. The van der Waals surface area contributed by atoms with Gasteiger partial charge in [0.1, 0.15) is 0 Å². The average Bonchev–Trinajstić information content (AvgIpc) is 2.64. The molecule has 0 saturated heterocycles. The molecule has 1 aliphatic carbocycles. The highest BCUT2D eigenvalue weighted by molar-refractivity contribution is 5.05. The van der Waals surface area contributed by atoms with Crippen molar-refractivity contribution in [3.05, 3.63) is 32.6 Å². The van der Waals surface area contributed by atoms with Crippen molar-refractivity contribution in [2.75, 3.05) is 0 Å². The predicted octanol–water partition coefficient (Wildman–Crippen LogP) is 1.14. The molecule has 0 radical (unpaired) electrons. The van der Waals surface area contributed by atoms with Crippen molar-refractivity contribution >= 4 is 0 Å². The van der Waals surface area contributed by atoms with Gasteiger partial charge in [-0.1, -0.05) is 26.2 Å². The predicted molar refractivity (Wildman–Crippen MR) is 79.8 cm³/mol. The first kappa shape index (κ1) is 15.0.